The number of thiocarbonyl (C=S) groups is 1. The molecule has 4 nitrogen and oxygen atoms in total. The summed E-state index contributed by atoms with van der Waals surface area (Å²) >= 11 is 11.2. The van der Waals surface area contributed by atoms with Crippen LogP contribution in [0.1, 0.15) is 12.0 Å². The van der Waals surface area contributed by atoms with E-state index in [-0.39, 0.29) is 17.1 Å². The highest BCUT2D eigenvalue weighted by Gasteiger charge is 2.31. The van der Waals surface area contributed by atoms with Gasteiger partial charge in [0.05, 0.1) is 33.8 Å². The zero-order valence-corrected chi connectivity index (χ0v) is 15.3. The highest BCUT2D eigenvalue weighted by atomic mass is 35.5. The zero-order valence-electron chi connectivity index (χ0n) is 13.7. The van der Waals surface area contributed by atoms with Crippen LogP contribution < -0.4 is 10.6 Å². The molecule has 27 heavy (non-hydrogen) atoms. The average molecular weight is 412 g/mol. The van der Waals surface area contributed by atoms with Crippen LogP contribution in [0.3, 0.4) is 0 Å². The predicted octanol–water partition coefficient (Wildman–Crippen LogP) is 5.27. The number of benzene rings is 2. The van der Waals surface area contributed by atoms with Crippen LogP contribution in [0, 0.1) is 17.2 Å². The van der Waals surface area contributed by atoms with Gasteiger partial charge in [-0.2, -0.15) is 18.4 Å². The molecule has 0 saturated carbocycles. The lowest BCUT2D eigenvalue weighted by molar-refractivity contribution is -0.137. The number of hydrogen-bond donors (Lipinski definition) is 2. The quantitative estimate of drug-likeness (QED) is 0.658. The van der Waals surface area contributed by atoms with Gasteiger partial charge >= 0.3 is 6.18 Å². The Morgan fingerprint density at radius 3 is 2.52 bits per heavy atom. The number of para-hydroxylation sites is 1. The van der Waals surface area contributed by atoms with Gasteiger partial charge in [-0.3, -0.25) is 4.79 Å². The maximum atomic E-state index is 12.8. The second-order valence-electron chi connectivity index (χ2n) is 5.45. The largest absolute Gasteiger partial charge is 0.416 e. The van der Waals surface area contributed by atoms with E-state index >= 15 is 0 Å². The first-order chi connectivity index (χ1) is 12.7. The van der Waals surface area contributed by atoms with Crippen molar-refractivity contribution in [2.75, 3.05) is 10.6 Å². The van der Waals surface area contributed by atoms with Crippen molar-refractivity contribution in [2.45, 2.75) is 12.6 Å². The van der Waals surface area contributed by atoms with E-state index in [2.05, 4.69) is 10.6 Å². The molecule has 2 aromatic carbocycles. The van der Waals surface area contributed by atoms with E-state index in [0.717, 1.165) is 12.1 Å². The summed E-state index contributed by atoms with van der Waals surface area (Å²) in [5.74, 6) is -1.75. The Bertz CT molecular complexity index is 896. The summed E-state index contributed by atoms with van der Waals surface area (Å²) in [5.41, 5.74) is -0.480. The molecule has 0 radical (unpaired) electrons. The number of nitrogens with zero attached hydrogens (tertiary/aromatic N) is 1. The summed E-state index contributed by atoms with van der Waals surface area (Å²) in [4.78, 5) is 12.5. The van der Waals surface area contributed by atoms with E-state index in [4.69, 9.17) is 29.1 Å². The molecule has 2 aromatic rings. The van der Waals surface area contributed by atoms with Crippen molar-refractivity contribution >= 4 is 46.1 Å². The molecule has 2 rings (SSSR count). The van der Waals surface area contributed by atoms with E-state index in [1.54, 1.807) is 24.3 Å². The minimum atomic E-state index is -4.53. The highest BCUT2D eigenvalue weighted by molar-refractivity contribution is 7.80. The van der Waals surface area contributed by atoms with Crippen molar-refractivity contribution in [1.29, 1.82) is 5.26 Å². The molecule has 0 bridgehead atoms. The lowest BCUT2D eigenvalue weighted by Gasteiger charge is -2.18. The number of amides is 1. The van der Waals surface area contributed by atoms with Gasteiger partial charge in [0.1, 0.15) is 5.92 Å². The molecule has 0 spiro atoms. The van der Waals surface area contributed by atoms with Gasteiger partial charge in [-0.05, 0) is 30.3 Å². The first-order valence-corrected chi connectivity index (χ1v) is 8.41. The standard InChI is InChI=1S/C18H13ClF3N3OS/c19-14-6-1-2-7-15(14)25-17(27)13(8-9-23)16(26)24-12-5-3-4-11(10-12)18(20,21)22/h1-7,10,13H,8H2,(H,24,26)(H,25,27). The Balaban J connectivity index is 2.16. The molecule has 2 N–H and O–H groups in total. The van der Waals surface area contributed by atoms with E-state index in [0.29, 0.717) is 10.7 Å². The summed E-state index contributed by atoms with van der Waals surface area (Å²) < 4.78 is 38.4. The molecule has 0 aliphatic carbocycles. The lowest BCUT2D eigenvalue weighted by Crippen LogP contribution is -2.32. The summed E-state index contributed by atoms with van der Waals surface area (Å²) in [7, 11) is 0. The molecule has 1 unspecified atom stereocenters. The van der Waals surface area contributed by atoms with E-state index in [1.807, 2.05) is 6.07 Å². The third kappa shape index (κ3) is 5.67. The fourth-order valence-corrected chi connectivity index (χ4v) is 2.66. The molecule has 1 amide bonds. The van der Waals surface area contributed by atoms with Crippen molar-refractivity contribution in [3.63, 3.8) is 0 Å². The number of carbonyl (C=O) groups excluding carboxylic acids is 1. The molecule has 9 heteroatoms. The van der Waals surface area contributed by atoms with E-state index in [1.165, 1.54) is 12.1 Å². The summed E-state index contributed by atoms with van der Waals surface area (Å²) in [6.07, 6.45) is -4.78. The molecule has 0 aliphatic heterocycles. The second-order valence-corrected chi connectivity index (χ2v) is 6.30. The van der Waals surface area contributed by atoms with Crippen molar-refractivity contribution in [2.24, 2.45) is 5.92 Å². The maximum absolute atomic E-state index is 12.8. The number of alkyl halides is 3. The molecule has 0 saturated heterocycles. The van der Waals surface area contributed by atoms with Crippen molar-refractivity contribution < 1.29 is 18.0 Å². The van der Waals surface area contributed by atoms with Gasteiger partial charge in [0.2, 0.25) is 5.91 Å². The molecule has 140 valence electrons. The first kappa shape index (κ1) is 20.7. The summed E-state index contributed by atoms with van der Waals surface area (Å²) in [5, 5.41) is 14.5. The van der Waals surface area contributed by atoms with Crippen LogP contribution in [0.5, 0.6) is 0 Å². The van der Waals surface area contributed by atoms with Crippen molar-refractivity contribution in [3.05, 3.63) is 59.1 Å². The van der Waals surface area contributed by atoms with Gasteiger partial charge < -0.3 is 10.6 Å². The number of rotatable bonds is 5. The molecule has 0 heterocycles. The molecular formula is C18H13ClF3N3OS. The topological polar surface area (TPSA) is 64.9 Å². The zero-order chi connectivity index (χ0) is 20.0. The van der Waals surface area contributed by atoms with Crippen LogP contribution in [0.25, 0.3) is 0 Å². The minimum absolute atomic E-state index is 0.0362. The van der Waals surface area contributed by atoms with Gasteiger partial charge in [0.15, 0.2) is 0 Å². The SMILES string of the molecule is N#CCC(C(=O)Nc1cccc(C(F)(F)F)c1)C(=S)Nc1ccccc1Cl. The first-order valence-electron chi connectivity index (χ1n) is 7.63. The van der Waals surface area contributed by atoms with Crippen LogP contribution in [0.2, 0.25) is 5.02 Å². The molecule has 1 atom stereocenters. The van der Waals surface area contributed by atoms with E-state index < -0.39 is 23.6 Å². The monoisotopic (exact) mass is 411 g/mol. The van der Waals surface area contributed by atoms with Crippen LogP contribution in [0.4, 0.5) is 24.5 Å². The summed E-state index contributed by atoms with van der Waals surface area (Å²) in [6, 6.07) is 12.7. The molecule has 0 aromatic heterocycles. The Hall–Kier alpha value is -2.63. The van der Waals surface area contributed by atoms with Gasteiger partial charge in [-0.15, -0.1) is 0 Å². The summed E-state index contributed by atoms with van der Waals surface area (Å²) in [6.45, 7) is 0. The molecule has 0 fully saturated rings. The van der Waals surface area contributed by atoms with E-state index in [9.17, 15) is 18.0 Å². The normalized spacial score (nSPS) is 12.0. The van der Waals surface area contributed by atoms with Crippen molar-refractivity contribution in [3.8, 4) is 6.07 Å². The van der Waals surface area contributed by atoms with Crippen LogP contribution >= 0.6 is 23.8 Å². The fraction of sp³-hybridized carbons (Fsp3) is 0.167. The van der Waals surface area contributed by atoms with Gasteiger partial charge in [-0.1, -0.05) is 42.0 Å². The number of halogens is 4. The smallest absolute Gasteiger partial charge is 0.348 e. The maximum Gasteiger partial charge on any atom is 0.416 e. The third-order valence-corrected chi connectivity index (χ3v) is 4.23. The van der Waals surface area contributed by atoms with Gasteiger partial charge in [0, 0.05) is 5.69 Å². The van der Waals surface area contributed by atoms with Gasteiger partial charge in [-0.25, -0.2) is 0 Å². The minimum Gasteiger partial charge on any atom is -0.348 e. The number of anilines is 2. The average Bonchev–Trinajstić information content (AvgIpc) is 2.61. The Morgan fingerprint density at radius 2 is 1.89 bits per heavy atom. The van der Waals surface area contributed by atoms with Gasteiger partial charge in [0.25, 0.3) is 0 Å². The van der Waals surface area contributed by atoms with Crippen LogP contribution in [-0.2, 0) is 11.0 Å². The third-order valence-electron chi connectivity index (χ3n) is 3.52. The van der Waals surface area contributed by atoms with Crippen LogP contribution in [0.15, 0.2) is 48.5 Å². The molecule has 0 aliphatic rings. The number of nitrogens with one attached hydrogen (secondary N) is 2. The van der Waals surface area contributed by atoms with Crippen LogP contribution in [-0.4, -0.2) is 10.9 Å². The predicted molar refractivity (Wildman–Crippen MR) is 101 cm³/mol. The fourth-order valence-electron chi connectivity index (χ4n) is 2.18. The number of hydrogen-bond acceptors (Lipinski definition) is 3. The van der Waals surface area contributed by atoms with Crippen molar-refractivity contribution in [1.82, 2.24) is 0 Å². The molecular weight excluding hydrogens is 399 g/mol. The number of nitriles is 1. The Labute approximate surface area is 163 Å². The lowest BCUT2D eigenvalue weighted by atomic mass is 10.0. The highest BCUT2D eigenvalue weighted by Crippen LogP contribution is 2.31. The number of carbonyl (C=O) groups is 1. The Kier molecular flexibility index (Phi) is 6.77. The Morgan fingerprint density at radius 1 is 1.19 bits per heavy atom. The second kappa shape index (κ2) is 8.84.